The van der Waals surface area contributed by atoms with Gasteiger partial charge < -0.3 is 11.1 Å². The Hall–Kier alpha value is -1.35. The Morgan fingerprint density at radius 2 is 1.95 bits per heavy atom. The molecule has 1 aromatic carbocycles. The van der Waals surface area contributed by atoms with Gasteiger partial charge in [0.05, 0.1) is 0 Å². The minimum atomic E-state index is 0.0241. The largest absolute Gasteiger partial charge is 0.354 e. The van der Waals surface area contributed by atoms with Crippen molar-refractivity contribution in [1.82, 2.24) is 5.32 Å². The van der Waals surface area contributed by atoms with E-state index < -0.39 is 0 Å². The molecule has 104 valence electrons. The molecule has 0 saturated heterocycles. The predicted octanol–water partition coefficient (Wildman–Crippen LogP) is 2.18. The number of carbonyl (C=O) groups excluding carboxylic acids is 1. The molecule has 0 aromatic heterocycles. The molecule has 2 rings (SSSR count). The van der Waals surface area contributed by atoms with Crippen molar-refractivity contribution in [3.8, 4) is 0 Å². The highest BCUT2D eigenvalue weighted by molar-refractivity contribution is 5.76. The predicted molar refractivity (Wildman–Crippen MR) is 77.9 cm³/mol. The number of nitrogens with one attached hydrogen (secondary N) is 1. The van der Waals surface area contributed by atoms with E-state index in [-0.39, 0.29) is 17.5 Å². The van der Waals surface area contributed by atoms with Crippen molar-refractivity contribution in [3.05, 3.63) is 35.4 Å². The van der Waals surface area contributed by atoms with E-state index in [1.807, 2.05) is 19.9 Å². The van der Waals surface area contributed by atoms with Crippen molar-refractivity contribution in [1.29, 1.82) is 0 Å². The Labute approximate surface area is 115 Å². The van der Waals surface area contributed by atoms with Gasteiger partial charge in [-0.05, 0) is 50.7 Å². The van der Waals surface area contributed by atoms with Crippen LogP contribution in [-0.2, 0) is 17.6 Å². The lowest BCUT2D eigenvalue weighted by Gasteiger charge is -2.14. The van der Waals surface area contributed by atoms with Crippen LogP contribution in [0.2, 0.25) is 0 Å². The average molecular weight is 260 g/mol. The van der Waals surface area contributed by atoms with Gasteiger partial charge in [-0.3, -0.25) is 4.79 Å². The Kier molecular flexibility index (Phi) is 4.25. The zero-order chi connectivity index (χ0) is 13.9. The van der Waals surface area contributed by atoms with Gasteiger partial charge in [-0.1, -0.05) is 24.3 Å². The topological polar surface area (TPSA) is 55.1 Å². The molecule has 1 saturated carbocycles. The van der Waals surface area contributed by atoms with Gasteiger partial charge in [0.1, 0.15) is 0 Å². The first-order chi connectivity index (χ1) is 8.98. The first-order valence-electron chi connectivity index (χ1n) is 7.13. The van der Waals surface area contributed by atoms with Crippen LogP contribution in [0.15, 0.2) is 24.3 Å². The highest BCUT2D eigenvalue weighted by Gasteiger charge is 2.38. The summed E-state index contributed by atoms with van der Waals surface area (Å²) in [4.78, 5) is 11.7. The third kappa shape index (κ3) is 4.35. The summed E-state index contributed by atoms with van der Waals surface area (Å²) in [6.07, 6.45) is 4.52. The maximum Gasteiger partial charge on any atom is 0.220 e. The van der Waals surface area contributed by atoms with E-state index in [9.17, 15) is 4.79 Å². The van der Waals surface area contributed by atoms with Gasteiger partial charge in [-0.25, -0.2) is 0 Å². The van der Waals surface area contributed by atoms with Crippen LogP contribution in [0, 0.1) is 0 Å². The van der Waals surface area contributed by atoms with Crippen LogP contribution in [0.4, 0.5) is 0 Å². The normalized spacial score (nSPS) is 16.4. The summed E-state index contributed by atoms with van der Waals surface area (Å²) in [5.74, 6) is 0.124. The molecule has 0 bridgehead atoms. The molecule has 0 aliphatic heterocycles. The van der Waals surface area contributed by atoms with Crippen LogP contribution in [-0.4, -0.2) is 17.5 Å². The molecule has 1 aliphatic rings. The van der Waals surface area contributed by atoms with Crippen LogP contribution >= 0.6 is 0 Å². The summed E-state index contributed by atoms with van der Waals surface area (Å²) in [5.41, 5.74) is 8.78. The second-order valence-corrected chi connectivity index (χ2v) is 6.03. The Balaban J connectivity index is 1.94. The van der Waals surface area contributed by atoms with E-state index >= 15 is 0 Å². The van der Waals surface area contributed by atoms with Crippen molar-refractivity contribution in [3.63, 3.8) is 0 Å². The lowest BCUT2D eigenvalue weighted by Crippen LogP contribution is -2.30. The van der Waals surface area contributed by atoms with Crippen molar-refractivity contribution in [2.45, 2.75) is 57.5 Å². The summed E-state index contributed by atoms with van der Waals surface area (Å²) >= 11 is 0. The van der Waals surface area contributed by atoms with Gasteiger partial charge in [0.15, 0.2) is 0 Å². The van der Waals surface area contributed by atoms with Crippen LogP contribution in [0.5, 0.6) is 0 Å². The number of amides is 1. The molecule has 19 heavy (non-hydrogen) atoms. The minimum Gasteiger partial charge on any atom is -0.354 e. The lowest BCUT2D eigenvalue weighted by molar-refractivity contribution is -0.121. The Bertz CT molecular complexity index is 450. The van der Waals surface area contributed by atoms with Gasteiger partial charge in [0, 0.05) is 18.0 Å². The number of carbonyl (C=O) groups is 1. The van der Waals surface area contributed by atoms with Crippen molar-refractivity contribution in [2.24, 2.45) is 5.73 Å². The van der Waals surface area contributed by atoms with E-state index in [4.69, 9.17) is 5.73 Å². The molecule has 1 aliphatic carbocycles. The second kappa shape index (κ2) is 5.74. The van der Waals surface area contributed by atoms with Crippen molar-refractivity contribution in [2.75, 3.05) is 0 Å². The molecule has 1 amide bonds. The summed E-state index contributed by atoms with van der Waals surface area (Å²) in [6, 6.07) is 8.56. The molecule has 3 N–H and O–H groups in total. The van der Waals surface area contributed by atoms with Gasteiger partial charge in [0.2, 0.25) is 5.91 Å². The van der Waals surface area contributed by atoms with Crippen molar-refractivity contribution >= 4 is 5.91 Å². The summed E-state index contributed by atoms with van der Waals surface area (Å²) in [6.45, 7) is 3.97. The number of aryl methyl sites for hydroxylation is 1. The highest BCUT2D eigenvalue weighted by Crippen LogP contribution is 2.36. The first-order valence-corrected chi connectivity index (χ1v) is 7.13. The van der Waals surface area contributed by atoms with Gasteiger partial charge in [0.25, 0.3) is 0 Å². The maximum absolute atomic E-state index is 11.7. The Morgan fingerprint density at radius 1 is 1.32 bits per heavy atom. The van der Waals surface area contributed by atoms with Gasteiger partial charge in [-0.2, -0.15) is 0 Å². The lowest BCUT2D eigenvalue weighted by atomic mass is 9.96. The summed E-state index contributed by atoms with van der Waals surface area (Å²) in [5, 5.41) is 2.93. The van der Waals surface area contributed by atoms with E-state index in [0.29, 0.717) is 6.42 Å². The Morgan fingerprint density at radius 3 is 2.53 bits per heavy atom. The van der Waals surface area contributed by atoms with Crippen LogP contribution in [0.1, 0.15) is 44.2 Å². The van der Waals surface area contributed by atoms with Crippen LogP contribution < -0.4 is 11.1 Å². The first kappa shape index (κ1) is 14.1. The van der Waals surface area contributed by atoms with E-state index in [1.54, 1.807) is 0 Å². The zero-order valence-electron chi connectivity index (χ0n) is 11.9. The number of rotatable bonds is 6. The SMILES string of the molecule is CC(C)NC(=O)CCc1ccccc1CC1(N)CC1. The van der Waals surface area contributed by atoms with E-state index in [1.165, 1.54) is 11.1 Å². The molecular weight excluding hydrogens is 236 g/mol. The molecule has 1 fully saturated rings. The minimum absolute atomic E-state index is 0.0241. The molecule has 1 aromatic rings. The molecule has 0 unspecified atom stereocenters. The fraction of sp³-hybridized carbons (Fsp3) is 0.562. The fourth-order valence-electron chi connectivity index (χ4n) is 2.33. The molecule has 0 spiro atoms. The van der Waals surface area contributed by atoms with E-state index in [2.05, 4.69) is 23.5 Å². The molecule has 3 nitrogen and oxygen atoms in total. The second-order valence-electron chi connectivity index (χ2n) is 6.03. The number of hydrogen-bond acceptors (Lipinski definition) is 2. The van der Waals surface area contributed by atoms with Crippen LogP contribution in [0.3, 0.4) is 0 Å². The average Bonchev–Trinajstić information content (AvgIpc) is 3.05. The molecule has 0 heterocycles. The maximum atomic E-state index is 11.7. The number of benzene rings is 1. The number of nitrogens with two attached hydrogens (primary N) is 1. The molecular formula is C16H24N2O. The molecule has 3 heteroatoms. The third-order valence-electron chi connectivity index (χ3n) is 3.62. The standard InChI is InChI=1S/C16H24N2O/c1-12(2)18-15(19)8-7-13-5-3-4-6-14(13)11-16(17)9-10-16/h3-6,12H,7-11,17H2,1-2H3,(H,18,19). The van der Waals surface area contributed by atoms with Crippen LogP contribution in [0.25, 0.3) is 0 Å². The zero-order valence-corrected chi connectivity index (χ0v) is 11.9. The fourth-order valence-corrected chi connectivity index (χ4v) is 2.33. The summed E-state index contributed by atoms with van der Waals surface area (Å²) in [7, 11) is 0. The quantitative estimate of drug-likeness (QED) is 0.823. The monoisotopic (exact) mass is 260 g/mol. The molecule has 0 radical (unpaired) electrons. The van der Waals surface area contributed by atoms with Gasteiger partial charge >= 0.3 is 0 Å². The smallest absolute Gasteiger partial charge is 0.220 e. The van der Waals surface area contributed by atoms with E-state index in [0.717, 1.165) is 25.7 Å². The third-order valence-corrected chi connectivity index (χ3v) is 3.62. The summed E-state index contributed by atoms with van der Waals surface area (Å²) < 4.78 is 0. The molecule has 0 atom stereocenters. The number of hydrogen-bond donors (Lipinski definition) is 2. The highest BCUT2D eigenvalue weighted by atomic mass is 16.1. The van der Waals surface area contributed by atoms with Crippen molar-refractivity contribution < 1.29 is 4.79 Å². The van der Waals surface area contributed by atoms with Gasteiger partial charge in [-0.15, -0.1) is 0 Å².